The topological polar surface area (TPSA) is 98.2 Å². The van der Waals surface area contributed by atoms with E-state index in [0.29, 0.717) is 42.8 Å². The molecule has 8 nitrogen and oxygen atoms in total. The Morgan fingerprint density at radius 3 is 2.08 bits per heavy atom. The van der Waals surface area contributed by atoms with Gasteiger partial charge in [-0.25, -0.2) is 0 Å². The van der Waals surface area contributed by atoms with Crippen LogP contribution in [0.1, 0.15) is 91.1 Å². The number of carbonyl (C=O) groups is 4. The lowest BCUT2D eigenvalue weighted by molar-refractivity contribution is -0.138. The van der Waals surface area contributed by atoms with Gasteiger partial charge in [-0.1, -0.05) is 39.8 Å². The van der Waals surface area contributed by atoms with E-state index in [0.717, 1.165) is 55.5 Å². The molecule has 206 valence electrons. The van der Waals surface area contributed by atoms with Crippen molar-refractivity contribution in [1.29, 1.82) is 0 Å². The molecule has 0 spiro atoms. The van der Waals surface area contributed by atoms with Gasteiger partial charge >= 0.3 is 0 Å². The molecule has 8 heteroatoms. The summed E-state index contributed by atoms with van der Waals surface area (Å²) in [5.74, 6) is 0.100. The number of nitrogens with zero attached hydrogens (tertiary/aromatic N) is 3. The SMILES string of the molecule is CC.CC.CO.O=Cc1ccc(N2CCC(c3ccc4c(c3)CN(C3CCC(=O)N3C=O)C4=O)CC2)cc1. The summed E-state index contributed by atoms with van der Waals surface area (Å²) in [5.41, 5.74) is 4.71. The van der Waals surface area contributed by atoms with Gasteiger partial charge < -0.3 is 14.9 Å². The van der Waals surface area contributed by atoms with Crippen molar-refractivity contribution in [1.82, 2.24) is 9.80 Å². The number of aliphatic hydroxyl groups is 1. The highest BCUT2D eigenvalue weighted by Crippen LogP contribution is 2.35. The highest BCUT2D eigenvalue weighted by atomic mass is 16.2. The number of hydrogen-bond acceptors (Lipinski definition) is 6. The van der Waals surface area contributed by atoms with Crippen LogP contribution >= 0.6 is 0 Å². The van der Waals surface area contributed by atoms with Gasteiger partial charge in [0.2, 0.25) is 12.3 Å². The predicted octanol–water partition coefficient (Wildman–Crippen LogP) is 4.60. The molecule has 0 bridgehead atoms. The van der Waals surface area contributed by atoms with Crippen molar-refractivity contribution in [2.75, 3.05) is 25.1 Å². The number of rotatable bonds is 5. The van der Waals surface area contributed by atoms with E-state index in [1.165, 1.54) is 5.56 Å². The molecule has 3 heterocycles. The van der Waals surface area contributed by atoms with Crippen LogP contribution in [0, 0.1) is 0 Å². The quantitative estimate of drug-likeness (QED) is 0.575. The van der Waals surface area contributed by atoms with E-state index in [-0.39, 0.29) is 11.8 Å². The van der Waals surface area contributed by atoms with Crippen LogP contribution in [0.4, 0.5) is 5.69 Å². The molecule has 0 radical (unpaired) electrons. The number of carbonyl (C=O) groups excluding carboxylic acids is 4. The number of likely N-dealkylation sites (tertiary alicyclic amines) is 1. The Bertz CT molecular complexity index is 1080. The highest BCUT2D eigenvalue weighted by Gasteiger charge is 2.41. The van der Waals surface area contributed by atoms with Crippen molar-refractivity contribution in [3.63, 3.8) is 0 Å². The summed E-state index contributed by atoms with van der Waals surface area (Å²) >= 11 is 0. The fraction of sp³-hybridized carbons (Fsp3) is 0.467. The Morgan fingerprint density at radius 2 is 1.50 bits per heavy atom. The van der Waals surface area contributed by atoms with Crippen molar-refractivity contribution in [2.24, 2.45) is 0 Å². The lowest BCUT2D eigenvalue weighted by atomic mass is 9.87. The Hall–Kier alpha value is -3.52. The van der Waals surface area contributed by atoms with E-state index in [1.54, 1.807) is 4.90 Å². The van der Waals surface area contributed by atoms with Crippen molar-refractivity contribution in [3.05, 3.63) is 64.7 Å². The zero-order valence-corrected chi connectivity index (χ0v) is 23.2. The first-order valence-electron chi connectivity index (χ1n) is 13.5. The molecule has 2 aromatic rings. The van der Waals surface area contributed by atoms with Crippen LogP contribution in [0.25, 0.3) is 0 Å². The first-order valence-corrected chi connectivity index (χ1v) is 13.5. The van der Waals surface area contributed by atoms with E-state index >= 15 is 0 Å². The number of hydrogen-bond donors (Lipinski definition) is 1. The van der Waals surface area contributed by atoms with Crippen LogP contribution in [0.2, 0.25) is 0 Å². The number of imide groups is 1. The standard InChI is InChI=1S/C25H25N3O4.2C2H6.CH4O/c29-15-17-1-4-21(5-2-17)26-11-9-18(10-12-26)19-3-6-22-20(13-19)14-27(25(22)32)23-7-8-24(31)28(23)16-30;3*1-2/h1-6,13,15-16,18,23H,7-12,14H2;2*1-2H3;2H,1H3. The second kappa shape index (κ2) is 15.0. The molecule has 3 aliphatic rings. The molecular weight excluding hydrogens is 482 g/mol. The summed E-state index contributed by atoms with van der Waals surface area (Å²) in [6.07, 6.45) is 3.75. The number of aliphatic hydroxyl groups excluding tert-OH is 1. The molecular formula is C30H41N3O5. The van der Waals surface area contributed by atoms with Crippen molar-refractivity contribution in [2.45, 2.75) is 72.0 Å². The Kier molecular flexibility index (Phi) is 12.1. The highest BCUT2D eigenvalue weighted by molar-refractivity contribution is 5.99. The number of aldehydes is 1. The molecule has 0 saturated carbocycles. The summed E-state index contributed by atoms with van der Waals surface area (Å²) in [4.78, 5) is 52.2. The van der Waals surface area contributed by atoms with Gasteiger partial charge in [0.25, 0.3) is 5.91 Å². The average Bonchev–Trinajstić information content (AvgIpc) is 3.54. The second-order valence-corrected chi connectivity index (χ2v) is 8.75. The van der Waals surface area contributed by atoms with Crippen LogP contribution < -0.4 is 4.90 Å². The van der Waals surface area contributed by atoms with Gasteiger partial charge in [-0.15, -0.1) is 0 Å². The lowest BCUT2D eigenvalue weighted by Crippen LogP contribution is -2.45. The molecule has 0 aliphatic carbocycles. The molecule has 1 unspecified atom stereocenters. The summed E-state index contributed by atoms with van der Waals surface area (Å²) in [5, 5.41) is 7.00. The van der Waals surface area contributed by atoms with Crippen molar-refractivity contribution < 1.29 is 24.3 Å². The van der Waals surface area contributed by atoms with Crippen molar-refractivity contribution in [3.8, 4) is 0 Å². The average molecular weight is 524 g/mol. The van der Waals surface area contributed by atoms with Gasteiger partial charge in [-0.3, -0.25) is 24.1 Å². The molecule has 0 aromatic heterocycles. The summed E-state index contributed by atoms with van der Waals surface area (Å²) in [6.45, 7) is 10.3. The first-order chi connectivity index (χ1) is 18.6. The molecule has 5 rings (SSSR count). The van der Waals surface area contributed by atoms with E-state index in [1.807, 2.05) is 58.0 Å². The molecule has 2 saturated heterocycles. The second-order valence-electron chi connectivity index (χ2n) is 8.75. The van der Waals surface area contributed by atoms with Crippen LogP contribution in [0.3, 0.4) is 0 Å². The number of fused-ring (bicyclic) bond motifs is 1. The largest absolute Gasteiger partial charge is 0.400 e. The van der Waals surface area contributed by atoms with Gasteiger partial charge in [-0.05, 0) is 66.6 Å². The molecule has 3 aliphatic heterocycles. The fourth-order valence-electron chi connectivity index (χ4n) is 5.21. The minimum absolute atomic E-state index is 0.105. The summed E-state index contributed by atoms with van der Waals surface area (Å²) in [6, 6.07) is 13.8. The smallest absolute Gasteiger partial charge is 0.256 e. The Labute approximate surface area is 226 Å². The van der Waals surface area contributed by atoms with E-state index in [9.17, 15) is 19.2 Å². The van der Waals surface area contributed by atoms with Crippen LogP contribution in [0.15, 0.2) is 42.5 Å². The van der Waals surface area contributed by atoms with Crippen LogP contribution in [-0.4, -0.2) is 65.8 Å². The third kappa shape index (κ3) is 6.48. The zero-order chi connectivity index (χ0) is 28.2. The molecule has 2 fully saturated rings. The minimum Gasteiger partial charge on any atom is -0.400 e. The first kappa shape index (κ1) is 30.7. The number of amides is 3. The van der Waals surface area contributed by atoms with E-state index in [4.69, 9.17) is 5.11 Å². The summed E-state index contributed by atoms with van der Waals surface area (Å²) < 4.78 is 0. The molecule has 1 N–H and O–H groups in total. The van der Waals surface area contributed by atoms with Crippen LogP contribution in [-0.2, 0) is 16.1 Å². The Balaban J connectivity index is 0.000000791. The van der Waals surface area contributed by atoms with Gasteiger partial charge in [-0.2, -0.15) is 0 Å². The number of piperidine rings is 1. The molecule has 3 amide bonds. The van der Waals surface area contributed by atoms with Gasteiger partial charge in [0.05, 0.1) is 0 Å². The van der Waals surface area contributed by atoms with Gasteiger partial charge in [0.15, 0.2) is 0 Å². The maximum absolute atomic E-state index is 12.9. The van der Waals surface area contributed by atoms with E-state index < -0.39 is 6.17 Å². The molecule has 1 atom stereocenters. The zero-order valence-electron chi connectivity index (χ0n) is 23.2. The predicted molar refractivity (Wildman–Crippen MR) is 149 cm³/mol. The maximum atomic E-state index is 12.9. The normalized spacial score (nSPS) is 18.4. The minimum atomic E-state index is -0.475. The van der Waals surface area contributed by atoms with Gasteiger partial charge in [0, 0.05) is 50.0 Å². The van der Waals surface area contributed by atoms with Gasteiger partial charge in [0.1, 0.15) is 12.5 Å². The molecule has 38 heavy (non-hydrogen) atoms. The van der Waals surface area contributed by atoms with E-state index in [2.05, 4.69) is 17.0 Å². The Morgan fingerprint density at radius 1 is 0.868 bits per heavy atom. The van der Waals surface area contributed by atoms with Crippen LogP contribution in [0.5, 0.6) is 0 Å². The number of benzene rings is 2. The van der Waals surface area contributed by atoms with Crippen molar-refractivity contribution >= 4 is 30.2 Å². The molecule has 2 aromatic carbocycles. The third-order valence-corrected chi connectivity index (χ3v) is 7.02. The third-order valence-electron chi connectivity index (χ3n) is 7.02. The monoisotopic (exact) mass is 523 g/mol. The fourth-order valence-corrected chi connectivity index (χ4v) is 5.21. The lowest BCUT2D eigenvalue weighted by Gasteiger charge is -2.34. The maximum Gasteiger partial charge on any atom is 0.256 e. The number of anilines is 1. The summed E-state index contributed by atoms with van der Waals surface area (Å²) in [7, 11) is 1.00.